The summed E-state index contributed by atoms with van der Waals surface area (Å²) in [5, 5.41) is 10.6. The summed E-state index contributed by atoms with van der Waals surface area (Å²) in [6.45, 7) is 1.15. The van der Waals surface area contributed by atoms with Gasteiger partial charge in [0, 0.05) is 10.7 Å². The maximum atomic E-state index is 12.0. The molecule has 1 aliphatic rings. The quantitative estimate of drug-likeness (QED) is 0.845. The summed E-state index contributed by atoms with van der Waals surface area (Å²) in [6, 6.07) is 5.12. The Morgan fingerprint density at radius 1 is 1.58 bits per heavy atom. The predicted octanol–water partition coefficient (Wildman–Crippen LogP) is 1.15. The van der Waals surface area contributed by atoms with Crippen molar-refractivity contribution in [1.82, 2.24) is 0 Å². The average molecular weight is 284 g/mol. The molecule has 0 saturated carbocycles. The number of hydrogen-bond donors (Lipinski definition) is 1. The molecule has 0 fully saturated rings. The molecule has 1 atom stereocenters. The summed E-state index contributed by atoms with van der Waals surface area (Å²) in [6.07, 6.45) is 0.240. The number of methoxy groups -OCH3 is 1. The van der Waals surface area contributed by atoms with Gasteiger partial charge in [-0.05, 0) is 24.6 Å². The van der Waals surface area contributed by atoms with Crippen molar-refractivity contribution in [2.24, 2.45) is 0 Å². The van der Waals surface area contributed by atoms with Crippen LogP contribution in [0, 0.1) is 0 Å². The Morgan fingerprint density at radius 3 is 2.89 bits per heavy atom. The maximum absolute atomic E-state index is 12.0. The highest BCUT2D eigenvalue weighted by Crippen LogP contribution is 2.32. The lowest BCUT2D eigenvalue weighted by Crippen LogP contribution is -2.48. The Labute approximate surface area is 115 Å². The molecule has 0 aliphatic carbocycles. The molecule has 0 aromatic heterocycles. The third-order valence-corrected chi connectivity index (χ3v) is 3.31. The first-order valence-corrected chi connectivity index (χ1v) is 6.12. The number of anilines is 1. The van der Waals surface area contributed by atoms with Crippen molar-refractivity contribution in [2.75, 3.05) is 18.6 Å². The Hall–Kier alpha value is -1.59. The van der Waals surface area contributed by atoms with E-state index in [1.807, 2.05) is 0 Å². The molecule has 1 heterocycles. The van der Waals surface area contributed by atoms with Crippen LogP contribution in [0.4, 0.5) is 5.69 Å². The number of β-amino-alcohol motifs (C(OH)–C–C–N with tert-alkyl or cyclic N) is 1. The van der Waals surface area contributed by atoms with Gasteiger partial charge in [0.25, 0.3) is 0 Å². The highest BCUT2D eigenvalue weighted by Gasteiger charge is 2.38. The number of benzene rings is 1. The van der Waals surface area contributed by atoms with E-state index < -0.39 is 11.6 Å². The van der Waals surface area contributed by atoms with Gasteiger partial charge in [-0.1, -0.05) is 17.7 Å². The average Bonchev–Trinajstić information content (AvgIpc) is 2.64. The topological polar surface area (TPSA) is 66.8 Å². The van der Waals surface area contributed by atoms with Crippen molar-refractivity contribution >= 4 is 29.2 Å². The smallest absolute Gasteiger partial charge is 0.339 e. The van der Waals surface area contributed by atoms with Gasteiger partial charge in [-0.25, -0.2) is 4.79 Å². The fourth-order valence-corrected chi connectivity index (χ4v) is 2.26. The number of aliphatic hydroxyl groups is 1. The normalized spacial score (nSPS) is 17.1. The van der Waals surface area contributed by atoms with Gasteiger partial charge in [0.2, 0.25) is 5.91 Å². The minimum absolute atomic E-state index is 0.161. The molecule has 1 aromatic carbocycles. The summed E-state index contributed by atoms with van der Waals surface area (Å²) < 4.78 is 4.52. The molecule has 5 nitrogen and oxygen atoms in total. The number of halogens is 1. The molecule has 1 N–H and O–H groups in total. The summed E-state index contributed by atoms with van der Waals surface area (Å²) >= 11 is 5.91. The molecule has 1 unspecified atom stereocenters. The molecule has 19 heavy (non-hydrogen) atoms. The minimum Gasteiger partial charge on any atom is -0.467 e. The van der Waals surface area contributed by atoms with Crippen LogP contribution in [-0.2, 0) is 20.7 Å². The third-order valence-electron chi connectivity index (χ3n) is 3.07. The van der Waals surface area contributed by atoms with Crippen molar-refractivity contribution < 1.29 is 19.4 Å². The van der Waals surface area contributed by atoms with Crippen molar-refractivity contribution in [2.45, 2.75) is 18.9 Å². The molecule has 0 bridgehead atoms. The first-order chi connectivity index (χ1) is 8.85. The second kappa shape index (κ2) is 4.83. The van der Waals surface area contributed by atoms with E-state index in [4.69, 9.17) is 11.6 Å². The SMILES string of the molecule is COC(=O)C(C)(O)CN1C(=O)Cc2ccc(Cl)cc21. The first kappa shape index (κ1) is 13.8. The van der Waals surface area contributed by atoms with Crippen molar-refractivity contribution in [3.05, 3.63) is 28.8 Å². The van der Waals surface area contributed by atoms with Crippen LogP contribution in [0.15, 0.2) is 18.2 Å². The molecule has 1 aromatic rings. The fraction of sp³-hybridized carbons (Fsp3) is 0.385. The molecule has 102 valence electrons. The fourth-order valence-electron chi connectivity index (χ4n) is 2.10. The van der Waals surface area contributed by atoms with E-state index in [0.29, 0.717) is 10.7 Å². The lowest BCUT2D eigenvalue weighted by Gasteiger charge is -2.27. The number of esters is 1. The Bertz CT molecular complexity index is 541. The third kappa shape index (κ3) is 2.57. The van der Waals surface area contributed by atoms with E-state index in [1.54, 1.807) is 18.2 Å². The molecular formula is C13H14ClNO4. The minimum atomic E-state index is -1.76. The monoisotopic (exact) mass is 283 g/mol. The Balaban J connectivity index is 2.30. The molecule has 0 radical (unpaired) electrons. The highest BCUT2D eigenvalue weighted by molar-refractivity contribution is 6.31. The summed E-state index contributed by atoms with van der Waals surface area (Å²) in [5.74, 6) is -0.961. The van der Waals surface area contributed by atoms with Crippen LogP contribution in [0.1, 0.15) is 12.5 Å². The molecule has 2 rings (SSSR count). The molecule has 0 saturated heterocycles. The molecule has 1 amide bonds. The van der Waals surface area contributed by atoms with E-state index in [0.717, 1.165) is 5.56 Å². The van der Waals surface area contributed by atoms with Gasteiger partial charge in [0.1, 0.15) is 0 Å². The number of carbonyl (C=O) groups is 2. The number of carbonyl (C=O) groups excluding carboxylic acids is 2. The van der Waals surface area contributed by atoms with E-state index in [-0.39, 0.29) is 18.9 Å². The van der Waals surface area contributed by atoms with Crippen LogP contribution in [0.5, 0.6) is 0 Å². The summed E-state index contributed by atoms with van der Waals surface area (Å²) in [7, 11) is 1.19. The van der Waals surface area contributed by atoms with Gasteiger partial charge in [-0.3, -0.25) is 4.79 Å². The van der Waals surface area contributed by atoms with E-state index in [9.17, 15) is 14.7 Å². The van der Waals surface area contributed by atoms with Gasteiger partial charge in [0.15, 0.2) is 5.60 Å². The van der Waals surface area contributed by atoms with E-state index >= 15 is 0 Å². The zero-order chi connectivity index (χ0) is 14.2. The highest BCUT2D eigenvalue weighted by atomic mass is 35.5. The second-order valence-corrected chi connectivity index (χ2v) is 5.13. The summed E-state index contributed by atoms with van der Waals surface area (Å²) in [4.78, 5) is 24.8. The number of amides is 1. The van der Waals surface area contributed by atoms with Gasteiger partial charge in [-0.2, -0.15) is 0 Å². The molecule has 6 heteroatoms. The lowest BCUT2D eigenvalue weighted by atomic mass is 10.1. The maximum Gasteiger partial charge on any atom is 0.339 e. The van der Waals surface area contributed by atoms with Gasteiger partial charge in [0.05, 0.1) is 20.1 Å². The lowest BCUT2D eigenvalue weighted by molar-refractivity contribution is -0.159. The predicted molar refractivity (Wildman–Crippen MR) is 70.1 cm³/mol. The molecule has 0 spiro atoms. The van der Waals surface area contributed by atoms with Crippen LogP contribution in [0.3, 0.4) is 0 Å². The van der Waals surface area contributed by atoms with Crippen LogP contribution in [0.2, 0.25) is 5.02 Å². The van der Waals surface area contributed by atoms with Crippen LogP contribution in [-0.4, -0.2) is 36.2 Å². The molecular weight excluding hydrogens is 270 g/mol. The second-order valence-electron chi connectivity index (χ2n) is 4.70. The van der Waals surface area contributed by atoms with Crippen LogP contribution < -0.4 is 4.90 Å². The van der Waals surface area contributed by atoms with E-state index in [2.05, 4.69) is 4.74 Å². The number of hydrogen-bond acceptors (Lipinski definition) is 4. The van der Waals surface area contributed by atoms with Crippen molar-refractivity contribution in [1.29, 1.82) is 0 Å². The zero-order valence-corrected chi connectivity index (χ0v) is 11.4. The first-order valence-electron chi connectivity index (χ1n) is 5.75. The number of ether oxygens (including phenoxy) is 1. The van der Waals surface area contributed by atoms with Crippen LogP contribution in [0.25, 0.3) is 0 Å². The zero-order valence-electron chi connectivity index (χ0n) is 10.6. The standard InChI is InChI=1S/C13H14ClNO4/c1-13(18,12(17)19-2)7-15-10-6-9(14)4-3-8(10)5-11(15)16/h3-4,6,18H,5,7H2,1-2H3. The number of nitrogens with zero attached hydrogens (tertiary/aromatic N) is 1. The molecule has 1 aliphatic heterocycles. The Morgan fingerprint density at radius 2 is 2.26 bits per heavy atom. The Kier molecular flexibility index (Phi) is 3.52. The van der Waals surface area contributed by atoms with E-state index in [1.165, 1.54) is 18.9 Å². The van der Waals surface area contributed by atoms with Gasteiger partial charge < -0.3 is 14.7 Å². The number of rotatable bonds is 3. The van der Waals surface area contributed by atoms with Crippen molar-refractivity contribution in [3.8, 4) is 0 Å². The van der Waals surface area contributed by atoms with Crippen molar-refractivity contribution in [3.63, 3.8) is 0 Å². The largest absolute Gasteiger partial charge is 0.467 e. The van der Waals surface area contributed by atoms with Crippen LogP contribution >= 0.6 is 11.6 Å². The van der Waals surface area contributed by atoms with Gasteiger partial charge >= 0.3 is 5.97 Å². The summed E-state index contributed by atoms with van der Waals surface area (Å²) in [5.41, 5.74) is -0.300. The van der Waals surface area contributed by atoms with Gasteiger partial charge in [-0.15, -0.1) is 0 Å². The number of fused-ring (bicyclic) bond motifs is 1.